The Balaban J connectivity index is 1.65. The van der Waals surface area contributed by atoms with Crippen LogP contribution in [0, 0.1) is 5.92 Å². The molecule has 1 aromatic heterocycles. The summed E-state index contributed by atoms with van der Waals surface area (Å²) >= 11 is 0. The minimum Gasteiger partial charge on any atom is -0.379 e. The monoisotopic (exact) mass is 330 g/mol. The predicted octanol–water partition coefficient (Wildman–Crippen LogP) is 1.51. The smallest absolute Gasteiger partial charge is 0.228 e. The molecule has 24 heavy (non-hydrogen) atoms. The summed E-state index contributed by atoms with van der Waals surface area (Å²) < 4.78 is 7.65. The molecule has 130 valence electrons. The van der Waals surface area contributed by atoms with Crippen LogP contribution < -0.4 is 11.1 Å². The molecule has 1 amide bonds. The maximum atomic E-state index is 12.0. The van der Waals surface area contributed by atoms with Crippen LogP contribution in [0.25, 0.3) is 10.9 Å². The van der Waals surface area contributed by atoms with Crippen molar-refractivity contribution in [2.24, 2.45) is 11.7 Å². The van der Waals surface area contributed by atoms with E-state index < -0.39 is 0 Å². The second-order valence-corrected chi connectivity index (χ2v) is 6.36. The third-order valence-corrected chi connectivity index (χ3v) is 4.60. The van der Waals surface area contributed by atoms with Gasteiger partial charge in [-0.1, -0.05) is 6.92 Å². The summed E-state index contributed by atoms with van der Waals surface area (Å²) in [6.07, 6.45) is 2.11. The number of benzene rings is 1. The highest BCUT2D eigenvalue weighted by atomic mass is 16.5. The van der Waals surface area contributed by atoms with E-state index in [9.17, 15) is 4.79 Å². The van der Waals surface area contributed by atoms with E-state index in [1.165, 1.54) is 5.52 Å². The van der Waals surface area contributed by atoms with Crippen molar-refractivity contribution in [3.05, 3.63) is 30.5 Å². The summed E-state index contributed by atoms with van der Waals surface area (Å²) in [5, 5.41) is 4.06. The third-order valence-electron chi connectivity index (χ3n) is 4.60. The Labute approximate surface area is 142 Å². The van der Waals surface area contributed by atoms with Gasteiger partial charge in [0.1, 0.15) is 0 Å². The number of aromatic nitrogens is 1. The van der Waals surface area contributed by atoms with Gasteiger partial charge in [-0.2, -0.15) is 0 Å². The molecule has 2 aromatic rings. The minimum atomic E-state index is -0.182. The highest BCUT2D eigenvalue weighted by Crippen LogP contribution is 2.21. The van der Waals surface area contributed by atoms with Crippen molar-refractivity contribution in [2.75, 3.05) is 44.7 Å². The largest absolute Gasteiger partial charge is 0.379 e. The van der Waals surface area contributed by atoms with Crippen LogP contribution in [0.3, 0.4) is 0 Å². The fourth-order valence-corrected chi connectivity index (χ4v) is 2.92. The molecule has 0 radical (unpaired) electrons. The van der Waals surface area contributed by atoms with Crippen molar-refractivity contribution < 1.29 is 9.53 Å². The molecule has 1 aromatic carbocycles. The molecule has 1 aliphatic rings. The Morgan fingerprint density at radius 2 is 2.08 bits per heavy atom. The van der Waals surface area contributed by atoms with E-state index in [4.69, 9.17) is 10.5 Å². The fraction of sp³-hybridized carbons (Fsp3) is 0.500. The minimum absolute atomic E-state index is 0.0383. The lowest BCUT2D eigenvalue weighted by Gasteiger charge is -2.26. The van der Waals surface area contributed by atoms with E-state index in [2.05, 4.69) is 33.1 Å². The van der Waals surface area contributed by atoms with Crippen LogP contribution in [0.1, 0.15) is 6.92 Å². The molecule has 0 bridgehead atoms. The molecule has 2 heterocycles. The number of rotatable bonds is 6. The van der Waals surface area contributed by atoms with E-state index in [-0.39, 0.29) is 11.8 Å². The third kappa shape index (κ3) is 3.95. The molecule has 0 spiro atoms. The first-order valence-electron chi connectivity index (χ1n) is 8.57. The van der Waals surface area contributed by atoms with E-state index in [0.717, 1.165) is 50.5 Å². The van der Waals surface area contributed by atoms with Gasteiger partial charge in [0.2, 0.25) is 5.91 Å². The lowest BCUT2D eigenvalue weighted by Crippen LogP contribution is -2.38. The number of fused-ring (bicyclic) bond motifs is 1. The molecule has 1 unspecified atom stereocenters. The van der Waals surface area contributed by atoms with Crippen LogP contribution in [-0.4, -0.2) is 54.8 Å². The maximum absolute atomic E-state index is 12.0. The maximum Gasteiger partial charge on any atom is 0.228 e. The zero-order valence-corrected chi connectivity index (χ0v) is 14.2. The van der Waals surface area contributed by atoms with Crippen LogP contribution in [0.4, 0.5) is 5.69 Å². The van der Waals surface area contributed by atoms with Crippen molar-refractivity contribution in [1.29, 1.82) is 0 Å². The number of hydrogen-bond acceptors (Lipinski definition) is 4. The van der Waals surface area contributed by atoms with Crippen molar-refractivity contribution in [1.82, 2.24) is 9.47 Å². The van der Waals surface area contributed by atoms with Crippen LogP contribution in [0.2, 0.25) is 0 Å². The van der Waals surface area contributed by atoms with Crippen molar-refractivity contribution in [3.63, 3.8) is 0 Å². The second-order valence-electron chi connectivity index (χ2n) is 6.36. The lowest BCUT2D eigenvalue weighted by molar-refractivity contribution is -0.119. The standard InChI is InChI=1S/C18H26N4O2/c1-14(13-19)18(23)20-16-2-3-17-15(12-16)4-5-22(17)7-6-21-8-10-24-11-9-21/h2-5,12,14H,6-11,13,19H2,1H3,(H,20,23). The zero-order valence-electron chi connectivity index (χ0n) is 14.2. The molecule has 1 fully saturated rings. The molecular weight excluding hydrogens is 304 g/mol. The molecule has 3 rings (SSSR count). The highest BCUT2D eigenvalue weighted by molar-refractivity contribution is 5.95. The summed E-state index contributed by atoms with van der Waals surface area (Å²) in [5.74, 6) is -0.220. The molecular formula is C18H26N4O2. The van der Waals surface area contributed by atoms with Crippen LogP contribution in [0.15, 0.2) is 30.5 Å². The average Bonchev–Trinajstić information content (AvgIpc) is 3.02. The number of morpholine rings is 1. The number of nitrogens with one attached hydrogen (secondary N) is 1. The van der Waals surface area contributed by atoms with E-state index in [1.807, 2.05) is 19.1 Å². The Kier molecular flexibility index (Phi) is 5.50. The molecule has 3 N–H and O–H groups in total. The lowest BCUT2D eigenvalue weighted by atomic mass is 10.1. The summed E-state index contributed by atoms with van der Waals surface area (Å²) in [6, 6.07) is 8.13. The van der Waals surface area contributed by atoms with Gasteiger partial charge in [-0.3, -0.25) is 9.69 Å². The Bertz CT molecular complexity index is 691. The topological polar surface area (TPSA) is 72.5 Å². The van der Waals surface area contributed by atoms with Crippen molar-refractivity contribution >= 4 is 22.5 Å². The zero-order chi connectivity index (χ0) is 16.9. The van der Waals surface area contributed by atoms with Crippen molar-refractivity contribution in [3.8, 4) is 0 Å². The van der Waals surface area contributed by atoms with Gasteiger partial charge in [0.05, 0.1) is 13.2 Å². The average molecular weight is 330 g/mol. The number of amides is 1. The molecule has 6 heteroatoms. The van der Waals surface area contributed by atoms with Gasteiger partial charge in [0.25, 0.3) is 0 Å². The van der Waals surface area contributed by atoms with Crippen LogP contribution in [-0.2, 0) is 16.1 Å². The highest BCUT2D eigenvalue weighted by Gasteiger charge is 2.12. The molecule has 0 saturated carbocycles. The van der Waals surface area contributed by atoms with Gasteiger partial charge in [-0.15, -0.1) is 0 Å². The Morgan fingerprint density at radius 3 is 2.83 bits per heavy atom. The first kappa shape index (κ1) is 17.0. The van der Waals surface area contributed by atoms with Crippen LogP contribution in [0.5, 0.6) is 0 Å². The first-order valence-corrected chi connectivity index (χ1v) is 8.57. The summed E-state index contributed by atoms with van der Waals surface area (Å²) in [7, 11) is 0. The fourth-order valence-electron chi connectivity index (χ4n) is 2.92. The summed E-state index contributed by atoms with van der Waals surface area (Å²) in [4.78, 5) is 14.4. The quantitative estimate of drug-likeness (QED) is 0.842. The van der Waals surface area contributed by atoms with Gasteiger partial charge in [-0.05, 0) is 24.3 Å². The van der Waals surface area contributed by atoms with E-state index in [0.29, 0.717) is 6.54 Å². The molecule has 1 saturated heterocycles. The normalized spacial score (nSPS) is 17.1. The van der Waals surface area contributed by atoms with Crippen molar-refractivity contribution in [2.45, 2.75) is 13.5 Å². The van der Waals surface area contributed by atoms with Gasteiger partial charge < -0.3 is 20.4 Å². The number of nitrogens with two attached hydrogens (primary N) is 1. The van der Waals surface area contributed by atoms with Gasteiger partial charge in [0, 0.05) is 61.4 Å². The molecule has 0 aliphatic carbocycles. The number of nitrogens with zero attached hydrogens (tertiary/aromatic N) is 2. The number of hydrogen-bond donors (Lipinski definition) is 2. The molecule has 1 atom stereocenters. The Morgan fingerprint density at radius 1 is 1.29 bits per heavy atom. The predicted molar refractivity (Wildman–Crippen MR) is 96.0 cm³/mol. The van der Waals surface area contributed by atoms with Gasteiger partial charge in [0.15, 0.2) is 0 Å². The number of carbonyl (C=O) groups excluding carboxylic acids is 1. The molecule has 1 aliphatic heterocycles. The Hall–Kier alpha value is -1.89. The number of carbonyl (C=O) groups is 1. The second kappa shape index (κ2) is 7.79. The van der Waals surface area contributed by atoms with E-state index in [1.54, 1.807) is 0 Å². The SMILES string of the molecule is CC(CN)C(=O)Nc1ccc2c(ccn2CCN2CCOCC2)c1. The summed E-state index contributed by atoms with van der Waals surface area (Å²) in [5.41, 5.74) is 7.55. The van der Waals surface area contributed by atoms with E-state index >= 15 is 0 Å². The first-order chi connectivity index (χ1) is 11.7. The van der Waals surface area contributed by atoms with Crippen LogP contribution >= 0.6 is 0 Å². The summed E-state index contributed by atoms with van der Waals surface area (Å²) in [6.45, 7) is 7.85. The number of ether oxygens (including phenoxy) is 1. The van der Waals surface area contributed by atoms with Gasteiger partial charge >= 0.3 is 0 Å². The number of anilines is 1. The molecule has 6 nitrogen and oxygen atoms in total. The van der Waals surface area contributed by atoms with Gasteiger partial charge in [-0.25, -0.2) is 0 Å².